The van der Waals surface area contributed by atoms with Gasteiger partial charge in [-0.2, -0.15) is 0 Å². The molecule has 5 nitrogen and oxygen atoms in total. The number of hydrogen-bond acceptors (Lipinski definition) is 4. The largest absolute Gasteiger partial charge is 0.492 e. The monoisotopic (exact) mass is 348 g/mol. The molecule has 0 aliphatic heterocycles. The summed E-state index contributed by atoms with van der Waals surface area (Å²) < 4.78 is 32.8. The van der Waals surface area contributed by atoms with Gasteiger partial charge in [0, 0.05) is 17.6 Å². The Kier molecular flexibility index (Phi) is 6.50. The third-order valence-electron chi connectivity index (χ3n) is 2.19. The fourth-order valence-electron chi connectivity index (χ4n) is 1.38. The van der Waals surface area contributed by atoms with E-state index in [9.17, 15) is 8.42 Å². The van der Waals surface area contributed by atoms with Gasteiger partial charge in [-0.15, -0.1) is 0 Å². The summed E-state index contributed by atoms with van der Waals surface area (Å²) in [7, 11) is -3.61. The minimum Gasteiger partial charge on any atom is -0.492 e. The summed E-state index contributed by atoms with van der Waals surface area (Å²) in [6.45, 7) is 2.77. The van der Waals surface area contributed by atoms with Gasteiger partial charge in [0.25, 0.3) is 0 Å². The molecule has 0 aliphatic carbocycles. The lowest BCUT2D eigenvalue weighted by Crippen LogP contribution is -2.24. The van der Waals surface area contributed by atoms with Crippen molar-refractivity contribution in [2.45, 2.75) is 11.8 Å². The molecule has 0 saturated carbocycles. The van der Waals surface area contributed by atoms with Crippen LogP contribution in [0.5, 0.6) is 5.75 Å². The third-order valence-corrected chi connectivity index (χ3v) is 4.13. The summed E-state index contributed by atoms with van der Waals surface area (Å²) in [5.41, 5.74) is 5.28. The zero-order chi connectivity index (χ0) is 14.3. The summed E-state index contributed by atoms with van der Waals surface area (Å²) >= 11 is 3.25. The van der Waals surface area contributed by atoms with E-state index in [2.05, 4.69) is 20.7 Å². The molecule has 0 bridgehead atoms. The van der Waals surface area contributed by atoms with Crippen LogP contribution in [0, 0.1) is 0 Å². The number of nitrogens with two attached hydrogens (primary N) is 1. The van der Waals surface area contributed by atoms with Crippen molar-refractivity contribution in [3.05, 3.63) is 34.8 Å². The van der Waals surface area contributed by atoms with Gasteiger partial charge in [0.05, 0.1) is 6.61 Å². The van der Waals surface area contributed by atoms with Crippen molar-refractivity contribution in [1.82, 2.24) is 4.72 Å². The van der Waals surface area contributed by atoms with Gasteiger partial charge < -0.3 is 10.5 Å². The Morgan fingerprint density at radius 3 is 2.79 bits per heavy atom. The number of sulfonamides is 1. The van der Waals surface area contributed by atoms with E-state index in [1.54, 1.807) is 31.2 Å². The molecule has 0 aliphatic rings. The van der Waals surface area contributed by atoms with Crippen LogP contribution in [0.1, 0.15) is 6.92 Å². The molecule has 0 spiro atoms. The Hall–Kier alpha value is -0.890. The van der Waals surface area contributed by atoms with Gasteiger partial charge in [0.2, 0.25) is 10.0 Å². The van der Waals surface area contributed by atoms with Gasteiger partial charge in [-0.1, -0.05) is 28.1 Å². The van der Waals surface area contributed by atoms with Crippen LogP contribution in [0.15, 0.2) is 39.7 Å². The van der Waals surface area contributed by atoms with Crippen molar-refractivity contribution in [2.75, 3.05) is 19.7 Å². The van der Waals surface area contributed by atoms with E-state index in [0.717, 1.165) is 0 Å². The average molecular weight is 349 g/mol. The van der Waals surface area contributed by atoms with Crippen molar-refractivity contribution in [3.8, 4) is 5.75 Å². The smallest absolute Gasteiger partial charge is 0.244 e. The molecule has 1 aromatic rings. The lowest BCUT2D eigenvalue weighted by Gasteiger charge is -2.11. The first-order valence-electron chi connectivity index (χ1n) is 5.78. The van der Waals surface area contributed by atoms with Crippen LogP contribution >= 0.6 is 15.9 Å². The molecule has 0 amide bonds. The van der Waals surface area contributed by atoms with E-state index < -0.39 is 10.0 Å². The highest BCUT2D eigenvalue weighted by molar-refractivity contribution is 9.10. The van der Waals surface area contributed by atoms with E-state index >= 15 is 0 Å². The van der Waals surface area contributed by atoms with Crippen LogP contribution in [0.3, 0.4) is 0 Å². The highest BCUT2D eigenvalue weighted by Crippen LogP contribution is 2.27. The van der Waals surface area contributed by atoms with Crippen LogP contribution in [0.4, 0.5) is 0 Å². The summed E-state index contributed by atoms with van der Waals surface area (Å²) in [6.07, 6.45) is 3.35. The van der Waals surface area contributed by atoms with Crippen LogP contribution in [-0.4, -0.2) is 28.1 Å². The predicted molar refractivity (Wildman–Crippen MR) is 78.7 cm³/mol. The fourth-order valence-corrected chi connectivity index (χ4v) is 3.04. The van der Waals surface area contributed by atoms with Crippen LogP contribution in [0.2, 0.25) is 0 Å². The molecule has 1 aromatic carbocycles. The standard InChI is InChI=1S/C12H17BrN2O3S/c1-2-18-11-6-5-10(13)9-12(11)19(16,17)15-8-4-3-7-14/h3-6,9,15H,2,7-8,14H2,1H3/b4-3+. The minimum absolute atomic E-state index is 0.116. The molecule has 0 fully saturated rings. The number of rotatable bonds is 7. The van der Waals surface area contributed by atoms with Crippen molar-refractivity contribution < 1.29 is 13.2 Å². The van der Waals surface area contributed by atoms with Crippen LogP contribution in [0.25, 0.3) is 0 Å². The summed E-state index contributed by atoms with van der Waals surface area (Å²) in [6, 6.07) is 4.87. The molecule has 0 saturated heterocycles. The Labute approximate surface area is 122 Å². The molecule has 7 heteroatoms. The van der Waals surface area contributed by atoms with Gasteiger partial charge in [0.15, 0.2) is 0 Å². The van der Waals surface area contributed by atoms with Crippen LogP contribution in [-0.2, 0) is 10.0 Å². The molecule has 106 valence electrons. The van der Waals surface area contributed by atoms with E-state index in [4.69, 9.17) is 10.5 Å². The zero-order valence-corrected chi connectivity index (χ0v) is 13.0. The summed E-state index contributed by atoms with van der Waals surface area (Å²) in [4.78, 5) is 0.116. The van der Waals surface area contributed by atoms with Gasteiger partial charge >= 0.3 is 0 Å². The Bertz CT molecular complexity index is 544. The molecule has 0 radical (unpaired) electrons. The summed E-state index contributed by atoms with van der Waals surface area (Å²) in [5, 5.41) is 0. The Morgan fingerprint density at radius 2 is 2.16 bits per heavy atom. The third kappa shape index (κ3) is 4.94. The first-order chi connectivity index (χ1) is 9.01. The second-order valence-electron chi connectivity index (χ2n) is 3.58. The molecule has 19 heavy (non-hydrogen) atoms. The minimum atomic E-state index is -3.61. The van der Waals surface area contributed by atoms with Crippen molar-refractivity contribution in [1.29, 1.82) is 0 Å². The maximum absolute atomic E-state index is 12.2. The van der Waals surface area contributed by atoms with E-state index in [-0.39, 0.29) is 11.4 Å². The number of hydrogen-bond donors (Lipinski definition) is 2. The number of halogens is 1. The number of ether oxygens (including phenoxy) is 1. The maximum Gasteiger partial charge on any atom is 0.244 e. The quantitative estimate of drug-likeness (QED) is 0.734. The Balaban J connectivity index is 2.98. The van der Waals surface area contributed by atoms with Crippen LogP contribution < -0.4 is 15.2 Å². The van der Waals surface area contributed by atoms with Gasteiger partial charge in [-0.05, 0) is 25.1 Å². The molecule has 0 aromatic heterocycles. The molecule has 0 heterocycles. The van der Waals surface area contributed by atoms with Crippen molar-refractivity contribution >= 4 is 26.0 Å². The van der Waals surface area contributed by atoms with Gasteiger partial charge in [0.1, 0.15) is 10.6 Å². The highest BCUT2D eigenvalue weighted by Gasteiger charge is 2.19. The SMILES string of the molecule is CCOc1ccc(Br)cc1S(=O)(=O)NC/C=C/CN. The molecular formula is C12H17BrN2O3S. The lowest BCUT2D eigenvalue weighted by molar-refractivity contribution is 0.331. The van der Waals surface area contributed by atoms with E-state index in [0.29, 0.717) is 23.4 Å². The van der Waals surface area contributed by atoms with Crippen molar-refractivity contribution in [2.24, 2.45) is 5.73 Å². The number of benzene rings is 1. The normalized spacial score (nSPS) is 11.9. The Morgan fingerprint density at radius 1 is 1.42 bits per heavy atom. The van der Waals surface area contributed by atoms with E-state index in [1.165, 1.54) is 6.07 Å². The highest BCUT2D eigenvalue weighted by atomic mass is 79.9. The lowest BCUT2D eigenvalue weighted by atomic mass is 10.3. The summed E-state index contributed by atoms with van der Waals surface area (Å²) in [5.74, 6) is 0.334. The number of nitrogens with one attached hydrogen (secondary N) is 1. The molecule has 1 rings (SSSR count). The molecule has 3 N–H and O–H groups in total. The van der Waals surface area contributed by atoms with Gasteiger partial charge in [-0.25, -0.2) is 13.1 Å². The van der Waals surface area contributed by atoms with Gasteiger partial charge in [-0.3, -0.25) is 0 Å². The van der Waals surface area contributed by atoms with E-state index in [1.807, 2.05) is 0 Å². The molecular weight excluding hydrogens is 332 g/mol. The fraction of sp³-hybridized carbons (Fsp3) is 0.333. The first-order valence-corrected chi connectivity index (χ1v) is 8.06. The average Bonchev–Trinajstić information content (AvgIpc) is 2.37. The second kappa shape index (κ2) is 7.64. The topological polar surface area (TPSA) is 81.4 Å². The van der Waals surface area contributed by atoms with Crippen molar-refractivity contribution in [3.63, 3.8) is 0 Å². The molecule has 0 unspecified atom stereocenters. The first kappa shape index (κ1) is 16.2. The predicted octanol–water partition coefficient (Wildman–Crippen LogP) is 1.64. The maximum atomic E-state index is 12.2. The molecule has 0 atom stereocenters. The zero-order valence-electron chi connectivity index (χ0n) is 10.6. The second-order valence-corrected chi connectivity index (χ2v) is 6.23.